The standard InChI is InChI=1S/C14H18N4O3/c1-10-2-4-12(5-3-10)21-7-6-18-9-11(16-17-18)8-13(15)14(19)20/h2-5,9,13H,6-8,15H2,1H3,(H,19,20). The van der Waals surface area contributed by atoms with E-state index < -0.39 is 12.0 Å². The zero-order valence-electron chi connectivity index (χ0n) is 11.8. The third-order valence-corrected chi connectivity index (χ3v) is 2.94. The molecule has 1 aromatic heterocycles. The van der Waals surface area contributed by atoms with Gasteiger partial charge in [0.15, 0.2) is 0 Å². The number of aliphatic carboxylic acids is 1. The van der Waals surface area contributed by atoms with Gasteiger partial charge in [0, 0.05) is 12.6 Å². The largest absolute Gasteiger partial charge is 0.492 e. The van der Waals surface area contributed by atoms with Gasteiger partial charge in [0.1, 0.15) is 18.4 Å². The maximum atomic E-state index is 10.7. The molecule has 0 bridgehead atoms. The van der Waals surface area contributed by atoms with E-state index in [-0.39, 0.29) is 6.42 Å². The van der Waals surface area contributed by atoms with Gasteiger partial charge in [-0.05, 0) is 19.1 Å². The van der Waals surface area contributed by atoms with Crippen LogP contribution in [0, 0.1) is 6.92 Å². The molecule has 112 valence electrons. The number of nitrogens with two attached hydrogens (primary N) is 1. The molecule has 0 aliphatic rings. The molecule has 1 atom stereocenters. The molecule has 7 nitrogen and oxygen atoms in total. The van der Waals surface area contributed by atoms with Gasteiger partial charge in [-0.2, -0.15) is 0 Å². The lowest BCUT2D eigenvalue weighted by Gasteiger charge is -2.06. The first-order valence-electron chi connectivity index (χ1n) is 6.61. The first-order chi connectivity index (χ1) is 10.0. The average Bonchev–Trinajstić information content (AvgIpc) is 2.88. The van der Waals surface area contributed by atoms with Crippen molar-refractivity contribution in [2.45, 2.75) is 25.9 Å². The van der Waals surface area contributed by atoms with E-state index in [0.29, 0.717) is 18.8 Å². The lowest BCUT2D eigenvalue weighted by Crippen LogP contribution is -2.32. The van der Waals surface area contributed by atoms with E-state index in [0.717, 1.165) is 5.75 Å². The van der Waals surface area contributed by atoms with Crippen molar-refractivity contribution in [1.29, 1.82) is 0 Å². The highest BCUT2D eigenvalue weighted by molar-refractivity contribution is 5.73. The fourth-order valence-corrected chi connectivity index (χ4v) is 1.75. The number of hydrogen-bond acceptors (Lipinski definition) is 5. The number of aryl methyl sites for hydroxylation is 1. The van der Waals surface area contributed by atoms with Gasteiger partial charge in [-0.25, -0.2) is 4.68 Å². The second-order valence-electron chi connectivity index (χ2n) is 4.78. The lowest BCUT2D eigenvalue weighted by atomic mass is 10.2. The number of rotatable bonds is 7. The van der Waals surface area contributed by atoms with Crippen molar-refractivity contribution in [3.05, 3.63) is 41.7 Å². The Bertz CT molecular complexity index is 595. The SMILES string of the molecule is Cc1ccc(OCCn2cc(CC(N)C(=O)O)nn2)cc1. The van der Waals surface area contributed by atoms with Crippen molar-refractivity contribution in [2.75, 3.05) is 6.61 Å². The van der Waals surface area contributed by atoms with Crippen LogP contribution in [-0.4, -0.2) is 38.7 Å². The van der Waals surface area contributed by atoms with E-state index in [4.69, 9.17) is 15.6 Å². The Morgan fingerprint density at radius 2 is 2.14 bits per heavy atom. The van der Waals surface area contributed by atoms with Crippen LogP contribution in [0.4, 0.5) is 0 Å². The van der Waals surface area contributed by atoms with Crippen molar-refractivity contribution in [3.63, 3.8) is 0 Å². The summed E-state index contributed by atoms with van der Waals surface area (Å²) < 4.78 is 7.20. The number of ether oxygens (including phenoxy) is 1. The summed E-state index contributed by atoms with van der Waals surface area (Å²) in [6, 6.07) is 6.83. The van der Waals surface area contributed by atoms with Crippen molar-refractivity contribution < 1.29 is 14.6 Å². The molecule has 0 aliphatic carbocycles. The summed E-state index contributed by atoms with van der Waals surface area (Å²) in [7, 11) is 0. The maximum absolute atomic E-state index is 10.7. The summed E-state index contributed by atoms with van der Waals surface area (Å²) in [5.74, 6) is -0.249. The molecule has 0 amide bonds. The number of carboxylic acids is 1. The van der Waals surface area contributed by atoms with E-state index in [2.05, 4.69) is 10.3 Å². The van der Waals surface area contributed by atoms with Crippen LogP contribution in [0.1, 0.15) is 11.3 Å². The summed E-state index contributed by atoms with van der Waals surface area (Å²) in [4.78, 5) is 10.7. The molecular formula is C14H18N4O3. The minimum atomic E-state index is -1.05. The molecule has 1 heterocycles. The van der Waals surface area contributed by atoms with Crippen molar-refractivity contribution >= 4 is 5.97 Å². The highest BCUT2D eigenvalue weighted by Gasteiger charge is 2.14. The van der Waals surface area contributed by atoms with Gasteiger partial charge in [0.2, 0.25) is 0 Å². The van der Waals surface area contributed by atoms with Crippen molar-refractivity contribution in [3.8, 4) is 5.75 Å². The molecule has 0 saturated heterocycles. The topological polar surface area (TPSA) is 103 Å². The summed E-state index contributed by atoms with van der Waals surface area (Å²) >= 11 is 0. The Kier molecular flexibility index (Phi) is 4.89. The van der Waals surface area contributed by atoms with Crippen LogP contribution in [0.25, 0.3) is 0 Å². The van der Waals surface area contributed by atoms with Crippen molar-refractivity contribution in [2.24, 2.45) is 5.73 Å². The summed E-state index contributed by atoms with van der Waals surface area (Å²) in [6.07, 6.45) is 1.84. The van der Waals surface area contributed by atoms with Gasteiger partial charge in [-0.3, -0.25) is 4.79 Å². The Morgan fingerprint density at radius 3 is 2.81 bits per heavy atom. The van der Waals surface area contributed by atoms with Gasteiger partial charge < -0.3 is 15.6 Å². The minimum absolute atomic E-state index is 0.161. The minimum Gasteiger partial charge on any atom is -0.492 e. The van der Waals surface area contributed by atoms with E-state index in [9.17, 15) is 4.79 Å². The molecule has 0 fully saturated rings. The van der Waals surface area contributed by atoms with Crippen LogP contribution in [0.15, 0.2) is 30.5 Å². The Labute approximate surface area is 122 Å². The summed E-state index contributed by atoms with van der Waals surface area (Å²) in [5.41, 5.74) is 7.18. The zero-order chi connectivity index (χ0) is 15.2. The third-order valence-electron chi connectivity index (χ3n) is 2.94. The number of benzene rings is 1. The first kappa shape index (κ1) is 15.0. The molecule has 0 aliphatic heterocycles. The molecule has 1 aromatic carbocycles. The second-order valence-corrected chi connectivity index (χ2v) is 4.78. The molecule has 0 spiro atoms. The second kappa shape index (κ2) is 6.85. The molecule has 1 unspecified atom stereocenters. The molecular weight excluding hydrogens is 272 g/mol. The highest BCUT2D eigenvalue weighted by atomic mass is 16.5. The molecule has 0 saturated carbocycles. The third kappa shape index (κ3) is 4.57. The van der Waals surface area contributed by atoms with Crippen molar-refractivity contribution in [1.82, 2.24) is 15.0 Å². The maximum Gasteiger partial charge on any atom is 0.320 e. The van der Waals surface area contributed by atoms with Gasteiger partial charge in [-0.15, -0.1) is 5.10 Å². The summed E-state index contributed by atoms with van der Waals surface area (Å²) in [6.45, 7) is 3.00. The number of nitrogens with zero attached hydrogens (tertiary/aromatic N) is 3. The van der Waals surface area contributed by atoms with E-state index in [1.54, 1.807) is 10.9 Å². The monoisotopic (exact) mass is 290 g/mol. The zero-order valence-corrected chi connectivity index (χ0v) is 11.8. The first-order valence-corrected chi connectivity index (χ1v) is 6.61. The Hall–Kier alpha value is -2.41. The fourth-order valence-electron chi connectivity index (χ4n) is 1.75. The van der Waals surface area contributed by atoms with E-state index in [1.165, 1.54) is 5.56 Å². The number of hydrogen-bond donors (Lipinski definition) is 2. The smallest absolute Gasteiger partial charge is 0.320 e. The van der Waals surface area contributed by atoms with E-state index >= 15 is 0 Å². The Morgan fingerprint density at radius 1 is 1.43 bits per heavy atom. The number of carbonyl (C=O) groups is 1. The Balaban J connectivity index is 1.80. The van der Waals surface area contributed by atoms with Crippen LogP contribution >= 0.6 is 0 Å². The number of aromatic nitrogens is 3. The van der Waals surface area contributed by atoms with Crippen LogP contribution in [-0.2, 0) is 17.8 Å². The quantitative estimate of drug-likeness (QED) is 0.774. The molecule has 21 heavy (non-hydrogen) atoms. The predicted molar refractivity (Wildman–Crippen MR) is 76.0 cm³/mol. The van der Waals surface area contributed by atoms with Crippen LogP contribution < -0.4 is 10.5 Å². The predicted octanol–water partition coefficient (Wildman–Crippen LogP) is 0.620. The normalized spacial score (nSPS) is 12.1. The fraction of sp³-hybridized carbons (Fsp3) is 0.357. The van der Waals surface area contributed by atoms with Crippen LogP contribution in [0.2, 0.25) is 0 Å². The van der Waals surface area contributed by atoms with Crippen LogP contribution in [0.3, 0.4) is 0 Å². The average molecular weight is 290 g/mol. The summed E-state index contributed by atoms with van der Waals surface area (Å²) in [5, 5.41) is 16.5. The molecule has 7 heteroatoms. The highest BCUT2D eigenvalue weighted by Crippen LogP contribution is 2.11. The lowest BCUT2D eigenvalue weighted by molar-refractivity contribution is -0.138. The molecule has 2 rings (SSSR count). The van der Waals surface area contributed by atoms with Crippen LogP contribution in [0.5, 0.6) is 5.75 Å². The molecule has 0 radical (unpaired) electrons. The van der Waals surface area contributed by atoms with Gasteiger partial charge >= 0.3 is 5.97 Å². The van der Waals surface area contributed by atoms with Gasteiger partial charge in [-0.1, -0.05) is 22.9 Å². The molecule has 3 N–H and O–H groups in total. The number of carboxylic acid groups (broad SMARTS) is 1. The van der Waals surface area contributed by atoms with Gasteiger partial charge in [0.05, 0.1) is 12.2 Å². The molecule has 2 aromatic rings. The van der Waals surface area contributed by atoms with E-state index in [1.807, 2.05) is 31.2 Å². The van der Waals surface area contributed by atoms with Gasteiger partial charge in [0.25, 0.3) is 0 Å².